The van der Waals surface area contributed by atoms with Gasteiger partial charge in [-0.2, -0.15) is 5.26 Å². The Morgan fingerprint density at radius 1 is 1.28 bits per heavy atom. The molecule has 0 bridgehead atoms. The van der Waals surface area contributed by atoms with Gasteiger partial charge in [0, 0.05) is 11.8 Å². The summed E-state index contributed by atoms with van der Waals surface area (Å²) in [6.45, 7) is 1.88. The number of halogens is 1. The molecule has 0 fully saturated rings. The number of aryl methyl sites for hydroxylation is 1. The fourth-order valence-electron chi connectivity index (χ4n) is 1.66. The topological polar surface area (TPSA) is 59.0 Å². The van der Waals surface area contributed by atoms with Gasteiger partial charge < -0.3 is 10.5 Å². The highest BCUT2D eigenvalue weighted by molar-refractivity contribution is 5.51. The van der Waals surface area contributed by atoms with E-state index in [4.69, 9.17) is 15.7 Å². The van der Waals surface area contributed by atoms with Crippen molar-refractivity contribution in [2.24, 2.45) is 0 Å². The van der Waals surface area contributed by atoms with Crippen molar-refractivity contribution in [2.75, 3.05) is 5.73 Å². The van der Waals surface area contributed by atoms with E-state index < -0.39 is 5.82 Å². The van der Waals surface area contributed by atoms with E-state index in [-0.39, 0.29) is 11.3 Å². The predicted octanol–water partition coefficient (Wildman–Crippen LogP) is 3.38. The average molecular weight is 242 g/mol. The van der Waals surface area contributed by atoms with Gasteiger partial charge in [0.1, 0.15) is 28.9 Å². The smallest absolute Gasteiger partial charge is 0.148 e. The second-order valence-electron chi connectivity index (χ2n) is 3.91. The Hall–Kier alpha value is -2.54. The molecule has 0 aliphatic heterocycles. The van der Waals surface area contributed by atoms with E-state index in [0.717, 1.165) is 5.56 Å². The van der Waals surface area contributed by atoms with Crippen LogP contribution in [0.2, 0.25) is 0 Å². The molecule has 0 amide bonds. The summed E-state index contributed by atoms with van der Waals surface area (Å²) in [5.74, 6) is 0.0627. The number of nitrogen functional groups attached to an aromatic ring is 1. The van der Waals surface area contributed by atoms with Gasteiger partial charge in [0.15, 0.2) is 0 Å². The van der Waals surface area contributed by atoms with Crippen molar-refractivity contribution in [3.8, 4) is 17.6 Å². The Labute approximate surface area is 104 Å². The molecule has 0 heterocycles. The predicted molar refractivity (Wildman–Crippen MR) is 66.8 cm³/mol. The van der Waals surface area contributed by atoms with Crippen molar-refractivity contribution in [1.82, 2.24) is 0 Å². The van der Waals surface area contributed by atoms with E-state index in [0.29, 0.717) is 11.4 Å². The first-order chi connectivity index (χ1) is 8.60. The molecule has 2 rings (SSSR count). The zero-order valence-electron chi connectivity index (χ0n) is 9.77. The number of nitrogens with zero attached hydrogens (tertiary/aromatic N) is 1. The van der Waals surface area contributed by atoms with E-state index in [1.165, 1.54) is 12.1 Å². The molecule has 2 N–H and O–H groups in total. The summed E-state index contributed by atoms with van der Waals surface area (Å²) < 4.78 is 18.9. The number of anilines is 1. The zero-order valence-corrected chi connectivity index (χ0v) is 9.77. The first-order valence-corrected chi connectivity index (χ1v) is 5.34. The summed E-state index contributed by atoms with van der Waals surface area (Å²) in [4.78, 5) is 0. The van der Waals surface area contributed by atoms with Gasteiger partial charge in [-0.25, -0.2) is 4.39 Å². The van der Waals surface area contributed by atoms with E-state index in [1.54, 1.807) is 30.3 Å². The Morgan fingerprint density at radius 2 is 2.06 bits per heavy atom. The van der Waals surface area contributed by atoms with Crippen LogP contribution in [-0.2, 0) is 0 Å². The molecule has 90 valence electrons. The molecule has 2 aromatic carbocycles. The van der Waals surface area contributed by atoms with Crippen LogP contribution in [0.5, 0.6) is 11.5 Å². The number of rotatable bonds is 2. The lowest BCUT2D eigenvalue weighted by molar-refractivity contribution is 0.474. The fraction of sp³-hybridized carbons (Fsp3) is 0.0714. The molecular formula is C14H11FN2O. The molecule has 18 heavy (non-hydrogen) atoms. The van der Waals surface area contributed by atoms with Crippen molar-refractivity contribution >= 4 is 5.69 Å². The van der Waals surface area contributed by atoms with Crippen molar-refractivity contribution in [2.45, 2.75) is 6.92 Å². The maximum Gasteiger partial charge on any atom is 0.148 e. The number of nitriles is 1. The van der Waals surface area contributed by atoms with Gasteiger partial charge in [0.25, 0.3) is 0 Å². The second-order valence-corrected chi connectivity index (χ2v) is 3.91. The molecule has 0 aliphatic carbocycles. The Morgan fingerprint density at radius 3 is 2.72 bits per heavy atom. The van der Waals surface area contributed by atoms with Gasteiger partial charge in [0.05, 0.1) is 0 Å². The van der Waals surface area contributed by atoms with Crippen LogP contribution in [0.25, 0.3) is 0 Å². The van der Waals surface area contributed by atoms with Crippen molar-refractivity contribution in [3.05, 3.63) is 53.3 Å². The highest BCUT2D eigenvalue weighted by atomic mass is 19.1. The molecular weight excluding hydrogens is 231 g/mol. The number of hydrogen-bond acceptors (Lipinski definition) is 3. The van der Waals surface area contributed by atoms with Gasteiger partial charge in [0.2, 0.25) is 0 Å². The van der Waals surface area contributed by atoms with Crippen LogP contribution < -0.4 is 10.5 Å². The maximum absolute atomic E-state index is 13.4. The van der Waals surface area contributed by atoms with Crippen LogP contribution in [-0.4, -0.2) is 0 Å². The number of benzene rings is 2. The monoisotopic (exact) mass is 242 g/mol. The molecule has 0 saturated heterocycles. The summed E-state index contributed by atoms with van der Waals surface area (Å²) in [6, 6.07) is 11.2. The van der Waals surface area contributed by atoms with E-state index in [1.807, 2.05) is 6.92 Å². The minimum Gasteiger partial charge on any atom is -0.456 e. The Kier molecular flexibility index (Phi) is 3.16. The van der Waals surface area contributed by atoms with Gasteiger partial charge in [-0.05, 0) is 36.8 Å². The standard InChI is InChI=1S/C14H11FN2O/c1-9-5-10(17)7-11(6-9)18-14-4-2-3-13(15)12(14)8-16/h2-7H,17H2,1H3. The Bertz CT molecular complexity index is 612. The van der Waals surface area contributed by atoms with E-state index >= 15 is 0 Å². The van der Waals surface area contributed by atoms with Crippen LogP contribution in [0.15, 0.2) is 36.4 Å². The minimum absolute atomic E-state index is 0.113. The molecule has 0 radical (unpaired) electrons. The molecule has 4 heteroatoms. The molecule has 0 aromatic heterocycles. The van der Waals surface area contributed by atoms with Crippen LogP contribution in [0.1, 0.15) is 11.1 Å². The molecule has 0 saturated carbocycles. The SMILES string of the molecule is Cc1cc(N)cc(Oc2cccc(F)c2C#N)c1. The minimum atomic E-state index is -0.601. The van der Waals surface area contributed by atoms with Crippen molar-refractivity contribution in [1.29, 1.82) is 5.26 Å². The third-order valence-electron chi connectivity index (χ3n) is 2.39. The van der Waals surface area contributed by atoms with Crippen molar-refractivity contribution < 1.29 is 9.13 Å². The van der Waals surface area contributed by atoms with Crippen molar-refractivity contribution in [3.63, 3.8) is 0 Å². The molecule has 3 nitrogen and oxygen atoms in total. The quantitative estimate of drug-likeness (QED) is 0.821. The summed E-state index contributed by atoms with van der Waals surface area (Å²) in [7, 11) is 0. The first-order valence-electron chi connectivity index (χ1n) is 5.34. The third-order valence-corrected chi connectivity index (χ3v) is 2.39. The highest BCUT2D eigenvalue weighted by Gasteiger charge is 2.10. The van der Waals surface area contributed by atoms with Crippen LogP contribution in [0.3, 0.4) is 0 Å². The van der Waals surface area contributed by atoms with Gasteiger partial charge in [-0.1, -0.05) is 6.07 Å². The summed E-state index contributed by atoms with van der Waals surface area (Å²) in [6.07, 6.45) is 0. The van der Waals surface area contributed by atoms with E-state index in [9.17, 15) is 4.39 Å². The van der Waals surface area contributed by atoms with Gasteiger partial charge in [-0.3, -0.25) is 0 Å². The molecule has 0 unspecified atom stereocenters. The summed E-state index contributed by atoms with van der Waals surface area (Å²) in [5.41, 5.74) is 7.07. The Balaban J connectivity index is 2.40. The number of nitrogens with two attached hydrogens (primary N) is 1. The zero-order chi connectivity index (χ0) is 13.1. The molecule has 0 aliphatic rings. The lowest BCUT2D eigenvalue weighted by atomic mass is 10.2. The third kappa shape index (κ3) is 2.41. The largest absolute Gasteiger partial charge is 0.456 e. The lowest BCUT2D eigenvalue weighted by Crippen LogP contribution is -1.93. The maximum atomic E-state index is 13.4. The molecule has 0 spiro atoms. The van der Waals surface area contributed by atoms with Crippen LogP contribution >= 0.6 is 0 Å². The molecule has 0 atom stereocenters. The van der Waals surface area contributed by atoms with Crippen LogP contribution in [0.4, 0.5) is 10.1 Å². The first kappa shape index (κ1) is 11.9. The van der Waals surface area contributed by atoms with Crippen LogP contribution in [0, 0.1) is 24.1 Å². The lowest BCUT2D eigenvalue weighted by Gasteiger charge is -2.09. The van der Waals surface area contributed by atoms with E-state index in [2.05, 4.69) is 0 Å². The molecule has 2 aromatic rings. The second kappa shape index (κ2) is 4.76. The fourth-order valence-corrected chi connectivity index (χ4v) is 1.66. The summed E-state index contributed by atoms with van der Waals surface area (Å²) >= 11 is 0. The normalized spacial score (nSPS) is 9.83. The summed E-state index contributed by atoms with van der Waals surface area (Å²) in [5, 5.41) is 8.89. The van der Waals surface area contributed by atoms with Gasteiger partial charge >= 0.3 is 0 Å². The average Bonchev–Trinajstić information content (AvgIpc) is 2.27. The highest BCUT2D eigenvalue weighted by Crippen LogP contribution is 2.28. The number of ether oxygens (including phenoxy) is 1. The van der Waals surface area contributed by atoms with Gasteiger partial charge in [-0.15, -0.1) is 0 Å². The number of hydrogen-bond donors (Lipinski definition) is 1.